The summed E-state index contributed by atoms with van der Waals surface area (Å²) in [6.07, 6.45) is 6.27. The molecule has 1 fully saturated rings. The Morgan fingerprint density at radius 3 is 2.33 bits per heavy atom. The second-order valence-corrected chi connectivity index (χ2v) is 12.3. The van der Waals surface area contributed by atoms with E-state index in [9.17, 15) is 18.0 Å². The summed E-state index contributed by atoms with van der Waals surface area (Å²) in [6, 6.07) is 12.6. The Labute approximate surface area is 233 Å². The highest BCUT2D eigenvalue weighted by atomic mass is 32.2. The molecule has 0 saturated heterocycles. The first-order valence-electron chi connectivity index (χ1n) is 13.8. The molecule has 2 amide bonds. The number of hydrogen-bond donors (Lipinski definition) is 1. The second-order valence-electron chi connectivity index (χ2n) is 10.4. The number of amides is 2. The van der Waals surface area contributed by atoms with Crippen LogP contribution in [0.5, 0.6) is 5.75 Å². The van der Waals surface area contributed by atoms with Crippen LogP contribution in [0.1, 0.15) is 68.6 Å². The molecule has 2 aromatic rings. The molecule has 0 aliphatic heterocycles. The van der Waals surface area contributed by atoms with Crippen molar-refractivity contribution in [3.63, 3.8) is 0 Å². The minimum atomic E-state index is -3.55. The third kappa shape index (κ3) is 8.21. The lowest BCUT2D eigenvalue weighted by molar-refractivity contribution is -0.141. The average molecular weight is 558 g/mol. The summed E-state index contributed by atoms with van der Waals surface area (Å²) in [5, 5.41) is 3.16. The van der Waals surface area contributed by atoms with Crippen LogP contribution in [0.15, 0.2) is 42.5 Å². The lowest BCUT2D eigenvalue weighted by Gasteiger charge is -2.32. The Morgan fingerprint density at radius 2 is 1.74 bits per heavy atom. The number of nitrogens with one attached hydrogen (secondary N) is 1. The van der Waals surface area contributed by atoms with E-state index in [1.54, 1.807) is 18.1 Å². The van der Waals surface area contributed by atoms with Gasteiger partial charge in [-0.3, -0.25) is 13.9 Å². The number of sulfonamides is 1. The van der Waals surface area contributed by atoms with Gasteiger partial charge in [-0.05, 0) is 74.4 Å². The summed E-state index contributed by atoms with van der Waals surface area (Å²) in [6.45, 7) is 6.22. The number of carbonyl (C=O) groups is 2. The molecule has 0 bridgehead atoms. The second kappa shape index (κ2) is 13.8. The minimum Gasteiger partial charge on any atom is -0.497 e. The number of carbonyl (C=O) groups excluding carboxylic acids is 2. The van der Waals surface area contributed by atoms with Gasteiger partial charge in [-0.15, -0.1) is 0 Å². The molecular formula is C30H43N3O5S. The van der Waals surface area contributed by atoms with Crippen molar-refractivity contribution in [3.8, 4) is 5.75 Å². The van der Waals surface area contributed by atoms with E-state index in [0.29, 0.717) is 18.5 Å². The van der Waals surface area contributed by atoms with Gasteiger partial charge in [0.05, 0.1) is 19.1 Å². The van der Waals surface area contributed by atoms with Gasteiger partial charge in [0.1, 0.15) is 11.8 Å². The molecular weight excluding hydrogens is 514 g/mol. The predicted molar refractivity (Wildman–Crippen MR) is 155 cm³/mol. The number of anilines is 1. The number of aryl methyl sites for hydroxylation is 1. The summed E-state index contributed by atoms with van der Waals surface area (Å²) in [5.74, 6) is 0.419. The van der Waals surface area contributed by atoms with E-state index >= 15 is 0 Å². The molecule has 0 heterocycles. The standard InChI is InChI=1S/C30H43N3O5S/c1-6-27(30(35)31-25-12-7-8-13-25)32(21-24-16-18-26(38-4)19-17-24)29(34)15-10-20-33(39(5,36)37)28-14-9-11-22(2)23(28)3/h9,11,14,16-19,25,27H,6-8,10,12-13,15,20-21H2,1-5H3,(H,31,35)/t27-/m1/s1. The first kappa shape index (κ1) is 30.5. The van der Waals surface area contributed by atoms with Gasteiger partial charge in [0, 0.05) is 25.6 Å². The van der Waals surface area contributed by atoms with Gasteiger partial charge in [0.25, 0.3) is 0 Å². The van der Waals surface area contributed by atoms with Crippen molar-refractivity contribution in [2.75, 3.05) is 24.2 Å². The van der Waals surface area contributed by atoms with Gasteiger partial charge in [-0.2, -0.15) is 0 Å². The topological polar surface area (TPSA) is 96.0 Å². The van der Waals surface area contributed by atoms with Crippen LogP contribution in [0.25, 0.3) is 0 Å². The maximum atomic E-state index is 13.7. The van der Waals surface area contributed by atoms with Gasteiger partial charge in [-0.25, -0.2) is 8.42 Å². The number of methoxy groups -OCH3 is 1. The smallest absolute Gasteiger partial charge is 0.243 e. The van der Waals surface area contributed by atoms with E-state index in [1.165, 1.54) is 10.6 Å². The Hall–Kier alpha value is -3.07. The highest BCUT2D eigenvalue weighted by Gasteiger charge is 2.31. The van der Waals surface area contributed by atoms with Crippen molar-refractivity contribution in [2.45, 2.75) is 84.3 Å². The molecule has 1 atom stereocenters. The molecule has 1 aliphatic rings. The normalized spacial score (nSPS) is 14.6. The molecule has 0 unspecified atom stereocenters. The molecule has 3 rings (SSSR count). The van der Waals surface area contributed by atoms with Gasteiger partial charge in [0.2, 0.25) is 21.8 Å². The lowest BCUT2D eigenvalue weighted by atomic mass is 10.1. The van der Waals surface area contributed by atoms with Gasteiger partial charge >= 0.3 is 0 Å². The molecule has 0 aromatic heterocycles. The number of rotatable bonds is 13. The fourth-order valence-corrected chi connectivity index (χ4v) is 6.22. The maximum absolute atomic E-state index is 13.7. The van der Waals surface area contributed by atoms with Crippen molar-refractivity contribution < 1.29 is 22.7 Å². The summed E-state index contributed by atoms with van der Waals surface area (Å²) in [5.41, 5.74) is 3.42. The van der Waals surface area contributed by atoms with E-state index < -0.39 is 16.1 Å². The van der Waals surface area contributed by atoms with Crippen LogP contribution in [0.4, 0.5) is 5.69 Å². The summed E-state index contributed by atoms with van der Waals surface area (Å²) in [4.78, 5) is 28.6. The Balaban J connectivity index is 1.78. The first-order valence-corrected chi connectivity index (χ1v) is 15.7. The van der Waals surface area contributed by atoms with Crippen molar-refractivity contribution in [1.29, 1.82) is 0 Å². The Bertz CT molecular complexity index is 1220. The molecule has 8 nitrogen and oxygen atoms in total. The molecule has 1 N–H and O–H groups in total. The van der Waals surface area contributed by atoms with Crippen LogP contribution in [-0.4, -0.2) is 57.1 Å². The molecule has 1 saturated carbocycles. The minimum absolute atomic E-state index is 0.125. The quantitative estimate of drug-likeness (QED) is 0.384. The van der Waals surface area contributed by atoms with Crippen LogP contribution in [0.3, 0.4) is 0 Å². The van der Waals surface area contributed by atoms with Gasteiger partial charge in [0.15, 0.2) is 0 Å². The zero-order chi connectivity index (χ0) is 28.6. The van der Waals surface area contributed by atoms with E-state index in [2.05, 4.69) is 5.32 Å². The number of nitrogens with zero attached hydrogens (tertiary/aromatic N) is 2. The van der Waals surface area contributed by atoms with Gasteiger partial charge in [-0.1, -0.05) is 44.0 Å². The molecule has 0 radical (unpaired) electrons. The molecule has 1 aliphatic carbocycles. The average Bonchev–Trinajstić information content (AvgIpc) is 3.41. The lowest BCUT2D eigenvalue weighted by Crippen LogP contribution is -2.51. The number of ether oxygens (including phenoxy) is 1. The van der Waals surface area contributed by atoms with Crippen molar-refractivity contribution in [2.24, 2.45) is 0 Å². The Morgan fingerprint density at radius 1 is 1.08 bits per heavy atom. The third-order valence-electron chi connectivity index (χ3n) is 7.60. The van der Waals surface area contributed by atoms with Crippen LogP contribution in [0, 0.1) is 13.8 Å². The predicted octanol–water partition coefficient (Wildman–Crippen LogP) is 4.72. The fourth-order valence-electron chi connectivity index (χ4n) is 5.20. The van der Waals surface area contributed by atoms with Crippen molar-refractivity contribution in [3.05, 3.63) is 59.2 Å². The van der Waals surface area contributed by atoms with Crippen LogP contribution in [-0.2, 0) is 26.2 Å². The summed E-state index contributed by atoms with van der Waals surface area (Å²) < 4.78 is 32.0. The van der Waals surface area contributed by atoms with E-state index in [1.807, 2.05) is 57.2 Å². The van der Waals surface area contributed by atoms with E-state index in [-0.39, 0.29) is 37.4 Å². The first-order chi connectivity index (χ1) is 18.5. The zero-order valence-electron chi connectivity index (χ0n) is 23.9. The third-order valence-corrected chi connectivity index (χ3v) is 8.78. The summed E-state index contributed by atoms with van der Waals surface area (Å²) in [7, 11) is -1.95. The number of hydrogen-bond acceptors (Lipinski definition) is 5. The van der Waals surface area contributed by atoms with Crippen molar-refractivity contribution in [1.82, 2.24) is 10.2 Å². The molecule has 214 valence electrons. The van der Waals surface area contributed by atoms with Crippen LogP contribution >= 0.6 is 0 Å². The SMILES string of the molecule is CC[C@H](C(=O)NC1CCCC1)N(Cc1ccc(OC)cc1)C(=O)CCCN(c1cccc(C)c1C)S(C)(=O)=O. The fraction of sp³-hybridized carbons (Fsp3) is 0.533. The monoisotopic (exact) mass is 557 g/mol. The van der Waals surface area contributed by atoms with Crippen molar-refractivity contribution >= 4 is 27.5 Å². The largest absolute Gasteiger partial charge is 0.497 e. The number of benzene rings is 2. The highest BCUT2D eigenvalue weighted by molar-refractivity contribution is 7.92. The molecule has 9 heteroatoms. The Kier molecular flexibility index (Phi) is 10.8. The molecule has 39 heavy (non-hydrogen) atoms. The van der Waals surface area contributed by atoms with Gasteiger partial charge < -0.3 is 15.0 Å². The maximum Gasteiger partial charge on any atom is 0.243 e. The van der Waals surface area contributed by atoms with Crippen LogP contribution in [0.2, 0.25) is 0 Å². The molecule has 2 aromatic carbocycles. The van der Waals surface area contributed by atoms with Crippen LogP contribution < -0.4 is 14.4 Å². The molecule has 0 spiro atoms. The zero-order valence-corrected chi connectivity index (χ0v) is 24.7. The van der Waals surface area contributed by atoms with E-state index in [4.69, 9.17) is 4.74 Å². The highest BCUT2D eigenvalue weighted by Crippen LogP contribution is 2.26. The summed E-state index contributed by atoms with van der Waals surface area (Å²) >= 11 is 0. The van der Waals surface area contributed by atoms with E-state index in [0.717, 1.165) is 48.1 Å².